The van der Waals surface area contributed by atoms with Gasteiger partial charge in [0.1, 0.15) is 0 Å². The van der Waals surface area contributed by atoms with Gasteiger partial charge >= 0.3 is 20.4 Å². The Morgan fingerprint density at radius 1 is 0.217 bits per heavy atom. The van der Waals surface area contributed by atoms with E-state index in [2.05, 4.69) is 107 Å². The third kappa shape index (κ3) is 54.0. The maximum Gasteiger partial charge on any atom is 2.00 e. The number of rotatable bonds is 75. The third-order valence-electron chi connectivity index (χ3n) is 23.7. The predicted octanol–water partition coefficient (Wildman–Crippen LogP) is 36.9. The number of aryl methyl sites for hydroxylation is 4. The van der Waals surface area contributed by atoms with Crippen LogP contribution in [0.2, 0.25) is 0 Å². The molecule has 0 saturated carbocycles. The first kappa shape index (κ1) is 104. The summed E-state index contributed by atoms with van der Waals surface area (Å²) in [6, 6.07) is 10.0. The molecule has 0 fully saturated rings. The first-order chi connectivity index (χ1) is 51.8. The van der Waals surface area contributed by atoms with Gasteiger partial charge in [0.15, 0.2) is 0 Å². The molecule has 0 radical (unpaired) electrons. The Labute approximate surface area is 682 Å². The molecule has 0 bridgehead atoms. The van der Waals surface area contributed by atoms with Crippen molar-refractivity contribution in [1.82, 2.24) is 0 Å². The van der Waals surface area contributed by atoms with Crippen molar-refractivity contribution in [3.05, 3.63) is 99.3 Å². The van der Waals surface area contributed by atoms with Crippen molar-refractivity contribution < 1.29 is 25.1 Å². The van der Waals surface area contributed by atoms with E-state index in [1.807, 2.05) is 0 Å². The van der Waals surface area contributed by atoms with Gasteiger partial charge in [-0.1, -0.05) is 448 Å². The topological polar surface area (TPSA) is 25.3 Å². The van der Waals surface area contributed by atoms with Crippen molar-refractivity contribution in [2.24, 2.45) is 0 Å². The van der Waals surface area contributed by atoms with Crippen LogP contribution >= 0.6 is 0 Å². The molecular weight excluding hydrogens is 1370 g/mol. The van der Waals surface area contributed by atoms with Gasteiger partial charge in [-0.05, 0) is 148 Å². The van der Waals surface area contributed by atoms with Gasteiger partial charge in [0.05, 0.1) is 0 Å². The van der Waals surface area contributed by atoms with E-state index in [0.717, 1.165) is 75.6 Å². The van der Waals surface area contributed by atoms with Gasteiger partial charge in [0.2, 0.25) is 11.4 Å². The Bertz CT molecular complexity index is 2130. The van der Waals surface area contributed by atoms with Crippen LogP contribution in [0.5, 0.6) is 0 Å². The van der Waals surface area contributed by atoms with E-state index in [-0.39, 0.29) is 20.4 Å². The summed E-state index contributed by atoms with van der Waals surface area (Å²) in [5.41, 5.74) is 29.6. The fraction of sp³-hybridized carbons (Fsp3) is 0.825. The SMILES string of the molecule is CCCCCCCCC1=C(c2cc(CCCC)c(CC)c(CCCC)c2)[N+](=[N-])C(c2cc(CCCC)c(CC)c(CCCC)c2)=C1CCCCCCC.[CH2-]CCCCCCCCCCCCCCCCCCCCCCCCC.[CH2-]CCCCCCCCCCCCCCCCCCCCCCCCC.[Pd+2]. The third-order valence-corrected chi connectivity index (χ3v) is 23.7. The van der Waals surface area contributed by atoms with Crippen LogP contribution in [0.3, 0.4) is 0 Å². The number of hydrogen-bond acceptors (Lipinski definition) is 0. The fourth-order valence-electron chi connectivity index (χ4n) is 16.8. The molecule has 2 aromatic carbocycles. The van der Waals surface area contributed by atoms with Crippen LogP contribution in [0.4, 0.5) is 0 Å². The van der Waals surface area contributed by atoms with Crippen molar-refractivity contribution in [3.8, 4) is 0 Å². The molecule has 1 heterocycles. The van der Waals surface area contributed by atoms with Crippen LogP contribution in [0.15, 0.2) is 35.4 Å². The zero-order valence-corrected chi connectivity index (χ0v) is 75.5. The van der Waals surface area contributed by atoms with E-state index in [9.17, 15) is 5.53 Å². The Hall–Kier alpha value is -1.82. The molecule has 106 heavy (non-hydrogen) atoms. The van der Waals surface area contributed by atoms with Crippen molar-refractivity contribution in [1.29, 1.82) is 0 Å². The minimum absolute atomic E-state index is 0. The van der Waals surface area contributed by atoms with Crippen LogP contribution in [-0.2, 0) is 58.9 Å². The molecule has 0 amide bonds. The van der Waals surface area contributed by atoms with E-state index in [1.54, 1.807) is 15.8 Å². The summed E-state index contributed by atoms with van der Waals surface area (Å²) in [6.07, 6.45) is 102. The zero-order valence-electron chi connectivity index (χ0n) is 74.0. The first-order valence-electron chi connectivity index (χ1n) is 48.6. The molecule has 0 saturated heterocycles. The number of nitrogens with zero attached hydrogens (tertiary/aromatic N) is 2. The second kappa shape index (κ2) is 79.8. The van der Waals surface area contributed by atoms with E-state index >= 15 is 0 Å². The predicted molar refractivity (Wildman–Crippen MR) is 479 cm³/mol. The minimum atomic E-state index is 0. The van der Waals surface area contributed by atoms with Crippen LogP contribution in [0, 0.1) is 13.8 Å². The summed E-state index contributed by atoms with van der Waals surface area (Å²) >= 11 is 0. The molecule has 2 aromatic rings. The number of allylic oxidation sites excluding steroid dienone is 2. The second-order valence-corrected chi connectivity index (χ2v) is 33.6. The first-order valence-corrected chi connectivity index (χ1v) is 48.6. The molecule has 3 heteroatoms. The van der Waals surface area contributed by atoms with Gasteiger partial charge in [0, 0.05) is 22.3 Å². The maximum atomic E-state index is 12.8. The minimum Gasteiger partial charge on any atom is -0.493 e. The van der Waals surface area contributed by atoms with Crippen LogP contribution in [-0.4, -0.2) is 4.70 Å². The van der Waals surface area contributed by atoms with Crippen molar-refractivity contribution >= 4 is 11.4 Å². The van der Waals surface area contributed by atoms with Crippen molar-refractivity contribution in [2.75, 3.05) is 0 Å². The number of unbranched alkanes of at least 4 members (excludes halogenated alkanes) is 59. The average molecular weight is 1560 g/mol. The van der Waals surface area contributed by atoms with E-state index < -0.39 is 0 Å². The standard InChI is InChI=1S/C51H82N2.2C26H53.Pd/c1-9-17-23-25-27-29-35-49-48(34-28-26-24-18-10-2)50(44-36-40(30-19-11-3)46(15-7)41(37-44)31-20-12-4)53(52)51(49)45-38-42(32-21-13-5)47(16-8)43(39-45)33-22-14-6;2*1-3-5-7-9-11-13-15-17-19-21-23-25-26-24-22-20-18-16-14-12-10-8-6-4-2;/h36-39H,9-35H2,1-8H3;2*1,3-26H2,2H3;/q;2*-1;+2. The molecule has 0 atom stereocenters. The van der Waals surface area contributed by atoms with Gasteiger partial charge in [-0.15, -0.1) is 0 Å². The summed E-state index contributed by atoms with van der Waals surface area (Å²) in [5.74, 6) is 0. The summed E-state index contributed by atoms with van der Waals surface area (Å²) < 4.78 is 1.72. The van der Waals surface area contributed by atoms with Crippen LogP contribution < -0.4 is 0 Å². The summed E-state index contributed by atoms with van der Waals surface area (Å²) in [6.45, 7) is 31.0. The fourth-order valence-corrected chi connectivity index (χ4v) is 16.8. The molecule has 1 aliphatic heterocycles. The van der Waals surface area contributed by atoms with Crippen molar-refractivity contribution in [3.63, 3.8) is 0 Å². The zero-order chi connectivity index (χ0) is 76.4. The molecule has 0 aliphatic carbocycles. The van der Waals surface area contributed by atoms with Crippen LogP contribution in [0.25, 0.3) is 16.9 Å². The Morgan fingerprint density at radius 3 is 0.538 bits per heavy atom. The van der Waals surface area contributed by atoms with Gasteiger partial charge in [0.25, 0.3) is 0 Å². The largest absolute Gasteiger partial charge is 2.00 e. The molecular formula is C103H188N2Pd. The number of benzene rings is 2. The summed E-state index contributed by atoms with van der Waals surface area (Å²) in [7, 11) is 0. The number of hydrogen-bond donors (Lipinski definition) is 0. The molecule has 620 valence electrons. The summed E-state index contributed by atoms with van der Waals surface area (Å²) in [4.78, 5) is 0. The Morgan fingerprint density at radius 2 is 0.377 bits per heavy atom. The van der Waals surface area contributed by atoms with Gasteiger partial charge in [-0.25, -0.2) is 4.70 Å². The van der Waals surface area contributed by atoms with Gasteiger partial charge in [-0.2, -0.15) is 12.8 Å². The summed E-state index contributed by atoms with van der Waals surface area (Å²) in [5, 5.41) is 0. The maximum absolute atomic E-state index is 12.8. The molecule has 2 nitrogen and oxygen atoms in total. The molecule has 0 N–H and O–H groups in total. The van der Waals surface area contributed by atoms with E-state index in [4.69, 9.17) is 0 Å². The average Bonchev–Trinajstić information content (AvgIpc) is 1.59. The van der Waals surface area contributed by atoms with Gasteiger partial charge < -0.3 is 19.4 Å². The normalized spacial score (nSPS) is 12.2. The quantitative estimate of drug-likeness (QED) is 0.0273. The molecule has 0 spiro atoms. The molecule has 0 aromatic heterocycles. The van der Waals surface area contributed by atoms with Crippen LogP contribution in [0.1, 0.15) is 557 Å². The smallest absolute Gasteiger partial charge is 0.493 e. The van der Waals surface area contributed by atoms with E-state index in [1.165, 1.54) is 462 Å². The molecule has 0 unspecified atom stereocenters. The monoisotopic (exact) mass is 1560 g/mol. The Balaban J connectivity index is 0.00000175. The van der Waals surface area contributed by atoms with Gasteiger partial charge in [-0.3, -0.25) is 0 Å². The molecule has 1 aliphatic rings. The van der Waals surface area contributed by atoms with E-state index in [0.29, 0.717) is 0 Å². The molecule has 3 rings (SSSR count). The Kier molecular flexibility index (Phi) is 78.4. The second-order valence-electron chi connectivity index (χ2n) is 33.6. The van der Waals surface area contributed by atoms with Crippen molar-refractivity contribution in [2.45, 2.75) is 551 Å².